The highest BCUT2D eigenvalue weighted by atomic mass is 35.5. The molecule has 106 valence electrons. The van der Waals surface area contributed by atoms with Gasteiger partial charge in [-0.25, -0.2) is 10.0 Å². The van der Waals surface area contributed by atoms with Crippen molar-refractivity contribution in [3.05, 3.63) is 35.4 Å². The van der Waals surface area contributed by atoms with Gasteiger partial charge in [-0.2, -0.15) is 0 Å². The summed E-state index contributed by atoms with van der Waals surface area (Å²) in [6.45, 7) is 1.29. The van der Waals surface area contributed by atoms with Crippen LogP contribution in [0.2, 0.25) is 0 Å². The maximum Gasteiger partial charge on any atom is 0.272 e. The van der Waals surface area contributed by atoms with Gasteiger partial charge in [0.15, 0.2) is 0 Å². The average molecular weight is 294 g/mol. The number of carbonyl (C=O) groups excluding carboxylic acids is 2. The Morgan fingerprint density at radius 1 is 1.10 bits per heavy atom. The molecular formula is C14H16ClN3O2. The first-order chi connectivity index (χ1) is 9.11. The topological polar surface area (TPSA) is 66.6 Å². The van der Waals surface area contributed by atoms with Crippen molar-refractivity contribution in [3.63, 3.8) is 0 Å². The van der Waals surface area contributed by atoms with E-state index in [4.69, 9.17) is 5.73 Å². The SMILES string of the molecule is Cl.N[C@@H]1C(=O)N2CC3(CC3)CN2C(=O)c2ccccc21. The molecule has 4 rings (SSSR count). The standard InChI is InChI=1S/C14H15N3O2.ClH/c15-11-9-3-1-2-4-10(9)12(18)16-7-14(5-6-14)8-17(16)13(11)19;/h1-4,11H,5-8,15H2;1H/t11-;/m0./s1. The fourth-order valence-corrected chi connectivity index (χ4v) is 3.12. The van der Waals surface area contributed by atoms with Gasteiger partial charge in [0, 0.05) is 11.0 Å². The smallest absolute Gasteiger partial charge is 0.272 e. The maximum atomic E-state index is 12.6. The molecule has 5 nitrogen and oxygen atoms in total. The molecule has 2 aliphatic heterocycles. The van der Waals surface area contributed by atoms with Crippen LogP contribution in [0.1, 0.15) is 34.8 Å². The lowest BCUT2D eigenvalue weighted by Crippen LogP contribution is -2.45. The molecule has 0 unspecified atom stereocenters. The quantitative estimate of drug-likeness (QED) is 0.779. The number of carbonyl (C=O) groups is 2. The first-order valence-electron chi connectivity index (χ1n) is 6.59. The van der Waals surface area contributed by atoms with E-state index >= 15 is 0 Å². The van der Waals surface area contributed by atoms with Gasteiger partial charge in [0.05, 0.1) is 13.1 Å². The molecule has 2 N–H and O–H groups in total. The van der Waals surface area contributed by atoms with Crippen LogP contribution < -0.4 is 5.73 Å². The molecule has 1 aliphatic carbocycles. The van der Waals surface area contributed by atoms with Crippen LogP contribution in [0.5, 0.6) is 0 Å². The molecule has 0 radical (unpaired) electrons. The van der Waals surface area contributed by atoms with E-state index < -0.39 is 6.04 Å². The summed E-state index contributed by atoms with van der Waals surface area (Å²) in [4.78, 5) is 25.1. The molecule has 0 bridgehead atoms. The van der Waals surface area contributed by atoms with Gasteiger partial charge in [0.1, 0.15) is 6.04 Å². The minimum atomic E-state index is -0.737. The highest BCUT2D eigenvalue weighted by Gasteiger charge is 2.56. The van der Waals surface area contributed by atoms with E-state index in [1.807, 2.05) is 12.1 Å². The average Bonchev–Trinajstić information content (AvgIpc) is 3.08. The van der Waals surface area contributed by atoms with Crippen molar-refractivity contribution in [3.8, 4) is 0 Å². The third kappa shape index (κ3) is 1.66. The zero-order valence-corrected chi connectivity index (χ0v) is 11.7. The number of hydrogen-bond acceptors (Lipinski definition) is 3. The largest absolute Gasteiger partial charge is 0.316 e. The minimum Gasteiger partial charge on any atom is -0.316 e. The molecule has 1 aromatic rings. The Morgan fingerprint density at radius 3 is 2.45 bits per heavy atom. The number of nitrogens with zero attached hydrogens (tertiary/aromatic N) is 2. The molecule has 2 heterocycles. The van der Waals surface area contributed by atoms with Crippen molar-refractivity contribution in [2.45, 2.75) is 18.9 Å². The predicted molar refractivity (Wildman–Crippen MR) is 75.0 cm³/mol. The Hall–Kier alpha value is -1.59. The Labute approximate surface area is 123 Å². The van der Waals surface area contributed by atoms with Crippen molar-refractivity contribution < 1.29 is 9.59 Å². The van der Waals surface area contributed by atoms with Gasteiger partial charge < -0.3 is 5.73 Å². The van der Waals surface area contributed by atoms with Gasteiger partial charge in [-0.15, -0.1) is 12.4 Å². The van der Waals surface area contributed by atoms with E-state index in [0.717, 1.165) is 12.8 Å². The molecule has 20 heavy (non-hydrogen) atoms. The number of fused-ring (bicyclic) bond motifs is 2. The number of hydrogen-bond donors (Lipinski definition) is 1. The first-order valence-corrected chi connectivity index (χ1v) is 6.59. The number of benzene rings is 1. The Balaban J connectivity index is 0.00000121. The molecule has 6 heteroatoms. The molecule has 1 saturated heterocycles. The lowest BCUT2D eigenvalue weighted by molar-refractivity contribution is -0.141. The summed E-state index contributed by atoms with van der Waals surface area (Å²) >= 11 is 0. The maximum absolute atomic E-state index is 12.6. The van der Waals surface area contributed by atoms with Crippen LogP contribution in [0.15, 0.2) is 24.3 Å². The van der Waals surface area contributed by atoms with E-state index in [9.17, 15) is 9.59 Å². The second-order valence-electron chi connectivity index (χ2n) is 5.82. The van der Waals surface area contributed by atoms with Crippen molar-refractivity contribution in [2.75, 3.05) is 13.1 Å². The van der Waals surface area contributed by atoms with E-state index in [-0.39, 0.29) is 29.6 Å². The highest BCUT2D eigenvalue weighted by molar-refractivity contribution is 6.01. The summed E-state index contributed by atoms with van der Waals surface area (Å²) in [6, 6.07) is 6.41. The zero-order valence-electron chi connectivity index (χ0n) is 10.9. The summed E-state index contributed by atoms with van der Waals surface area (Å²) in [5.74, 6) is -0.261. The normalized spacial score (nSPS) is 25.9. The zero-order chi connectivity index (χ0) is 13.2. The van der Waals surface area contributed by atoms with E-state index in [0.29, 0.717) is 24.2 Å². The van der Waals surface area contributed by atoms with Crippen molar-refractivity contribution in [1.82, 2.24) is 10.0 Å². The predicted octanol–water partition coefficient (Wildman–Crippen LogP) is 1.10. The van der Waals surface area contributed by atoms with E-state index in [1.165, 1.54) is 0 Å². The molecule has 3 aliphatic rings. The molecular weight excluding hydrogens is 278 g/mol. The second kappa shape index (κ2) is 4.20. The molecule has 1 spiro atoms. The monoisotopic (exact) mass is 293 g/mol. The summed E-state index contributed by atoms with van der Waals surface area (Å²) < 4.78 is 0. The third-order valence-electron chi connectivity index (χ3n) is 4.50. The van der Waals surface area contributed by atoms with Crippen LogP contribution in [0.25, 0.3) is 0 Å². The summed E-state index contributed by atoms with van der Waals surface area (Å²) in [5.41, 5.74) is 7.39. The molecule has 0 aromatic heterocycles. The van der Waals surface area contributed by atoms with Gasteiger partial charge in [-0.1, -0.05) is 18.2 Å². The molecule has 2 fully saturated rings. The van der Waals surface area contributed by atoms with E-state index in [2.05, 4.69) is 0 Å². The van der Waals surface area contributed by atoms with E-state index in [1.54, 1.807) is 22.2 Å². The Bertz CT molecular complexity index is 600. The van der Waals surface area contributed by atoms with Crippen LogP contribution in [-0.2, 0) is 4.79 Å². The number of nitrogens with two attached hydrogens (primary N) is 1. The van der Waals surface area contributed by atoms with Crippen LogP contribution in [0.3, 0.4) is 0 Å². The third-order valence-corrected chi connectivity index (χ3v) is 4.50. The highest BCUT2D eigenvalue weighted by Crippen LogP contribution is 2.51. The fraction of sp³-hybridized carbons (Fsp3) is 0.429. The number of halogens is 1. The molecule has 1 aromatic carbocycles. The lowest BCUT2D eigenvalue weighted by atomic mass is 9.99. The number of amides is 2. The van der Waals surface area contributed by atoms with Gasteiger partial charge in [0.2, 0.25) is 0 Å². The van der Waals surface area contributed by atoms with Crippen LogP contribution in [0, 0.1) is 5.41 Å². The van der Waals surface area contributed by atoms with Crippen molar-refractivity contribution >= 4 is 24.2 Å². The molecule has 1 saturated carbocycles. The van der Waals surface area contributed by atoms with Crippen LogP contribution in [-0.4, -0.2) is 34.9 Å². The van der Waals surface area contributed by atoms with Crippen LogP contribution in [0.4, 0.5) is 0 Å². The number of hydrazine groups is 1. The molecule has 2 amide bonds. The van der Waals surface area contributed by atoms with Gasteiger partial charge in [0.25, 0.3) is 11.8 Å². The lowest BCUT2D eigenvalue weighted by Gasteiger charge is -2.26. The summed E-state index contributed by atoms with van der Waals surface area (Å²) in [7, 11) is 0. The summed E-state index contributed by atoms with van der Waals surface area (Å²) in [6.07, 6.45) is 2.19. The second-order valence-corrected chi connectivity index (χ2v) is 5.82. The fourth-order valence-electron chi connectivity index (χ4n) is 3.12. The summed E-state index contributed by atoms with van der Waals surface area (Å²) in [5, 5.41) is 3.17. The van der Waals surface area contributed by atoms with Gasteiger partial charge >= 0.3 is 0 Å². The van der Waals surface area contributed by atoms with Crippen LogP contribution >= 0.6 is 12.4 Å². The van der Waals surface area contributed by atoms with Crippen molar-refractivity contribution in [2.24, 2.45) is 11.1 Å². The number of rotatable bonds is 0. The molecule has 1 atom stereocenters. The Kier molecular flexibility index (Phi) is 2.81. The first kappa shape index (κ1) is 13.4. The van der Waals surface area contributed by atoms with Crippen molar-refractivity contribution in [1.29, 1.82) is 0 Å². The minimum absolute atomic E-state index is 0. The van der Waals surface area contributed by atoms with Gasteiger partial charge in [-0.05, 0) is 24.5 Å². The van der Waals surface area contributed by atoms with Gasteiger partial charge in [-0.3, -0.25) is 9.59 Å². The Morgan fingerprint density at radius 2 is 1.75 bits per heavy atom.